The first-order chi connectivity index (χ1) is 13.3. The van der Waals surface area contributed by atoms with Crippen molar-refractivity contribution in [1.29, 1.82) is 0 Å². The standard InChI is InChI=1S/C20H24N2O4S2/c21-17(9-13-3-1-5-15(7-13)19(23)24)11-27-28-12-18(22)10-14-4-2-6-16(8-14)20(25)26/h1-8,17-18H,9-12,21-22H2,(H,23,24)(H,25,26). The van der Waals surface area contributed by atoms with Crippen molar-refractivity contribution in [3.05, 3.63) is 70.8 Å². The van der Waals surface area contributed by atoms with Crippen molar-refractivity contribution in [1.82, 2.24) is 0 Å². The summed E-state index contributed by atoms with van der Waals surface area (Å²) in [6, 6.07) is 13.5. The summed E-state index contributed by atoms with van der Waals surface area (Å²) in [5.41, 5.74) is 14.7. The Morgan fingerprint density at radius 1 is 0.786 bits per heavy atom. The summed E-state index contributed by atoms with van der Waals surface area (Å²) >= 11 is 0. The van der Waals surface area contributed by atoms with Gasteiger partial charge in [-0.3, -0.25) is 0 Å². The van der Waals surface area contributed by atoms with Gasteiger partial charge in [0.05, 0.1) is 11.1 Å². The number of rotatable bonds is 11. The Labute approximate surface area is 172 Å². The molecule has 28 heavy (non-hydrogen) atoms. The minimum Gasteiger partial charge on any atom is -0.478 e. The number of nitrogens with two attached hydrogens (primary N) is 2. The second-order valence-corrected chi connectivity index (χ2v) is 9.06. The first kappa shape index (κ1) is 22.3. The Kier molecular flexibility index (Phi) is 8.85. The van der Waals surface area contributed by atoms with E-state index in [0.29, 0.717) is 12.8 Å². The molecule has 8 heteroatoms. The zero-order valence-corrected chi connectivity index (χ0v) is 16.9. The van der Waals surface area contributed by atoms with Crippen molar-refractivity contribution < 1.29 is 19.8 Å². The van der Waals surface area contributed by atoms with Gasteiger partial charge in [-0.2, -0.15) is 0 Å². The molecular formula is C20H24N2O4S2. The van der Waals surface area contributed by atoms with Crippen LogP contribution in [0.4, 0.5) is 0 Å². The van der Waals surface area contributed by atoms with Gasteiger partial charge < -0.3 is 21.7 Å². The summed E-state index contributed by atoms with van der Waals surface area (Å²) in [5.74, 6) is -0.432. The molecule has 0 bridgehead atoms. The molecule has 0 aliphatic rings. The molecule has 150 valence electrons. The molecule has 0 aliphatic carbocycles. The Hall–Kier alpha value is -2.00. The topological polar surface area (TPSA) is 127 Å². The molecule has 2 rings (SSSR count). The Morgan fingerprint density at radius 2 is 1.18 bits per heavy atom. The minimum absolute atomic E-state index is 0.0787. The van der Waals surface area contributed by atoms with Gasteiger partial charge >= 0.3 is 11.9 Å². The summed E-state index contributed by atoms with van der Waals surface area (Å²) in [7, 11) is 3.28. The van der Waals surface area contributed by atoms with Crippen LogP contribution >= 0.6 is 21.6 Å². The van der Waals surface area contributed by atoms with Crippen molar-refractivity contribution in [2.24, 2.45) is 11.5 Å². The average molecular weight is 421 g/mol. The third-order valence-electron chi connectivity index (χ3n) is 3.99. The van der Waals surface area contributed by atoms with Gasteiger partial charge in [0.15, 0.2) is 0 Å². The van der Waals surface area contributed by atoms with Crippen LogP contribution in [0, 0.1) is 0 Å². The van der Waals surface area contributed by atoms with E-state index >= 15 is 0 Å². The molecule has 0 radical (unpaired) electrons. The van der Waals surface area contributed by atoms with E-state index < -0.39 is 11.9 Å². The molecule has 6 N–H and O–H groups in total. The lowest BCUT2D eigenvalue weighted by atomic mass is 10.0. The van der Waals surface area contributed by atoms with Crippen LogP contribution in [-0.4, -0.2) is 45.7 Å². The molecule has 2 unspecified atom stereocenters. The number of aromatic carboxylic acids is 2. The van der Waals surface area contributed by atoms with Gasteiger partial charge in [-0.15, -0.1) is 0 Å². The van der Waals surface area contributed by atoms with Crippen LogP contribution in [0.15, 0.2) is 48.5 Å². The summed E-state index contributed by atoms with van der Waals surface area (Å²) in [4.78, 5) is 22.0. The molecule has 0 spiro atoms. The highest BCUT2D eigenvalue weighted by molar-refractivity contribution is 8.76. The summed E-state index contributed by atoms with van der Waals surface area (Å²) in [6.45, 7) is 0. The van der Waals surface area contributed by atoms with E-state index in [-0.39, 0.29) is 23.2 Å². The number of hydrogen-bond donors (Lipinski definition) is 4. The van der Waals surface area contributed by atoms with E-state index in [1.807, 2.05) is 12.1 Å². The van der Waals surface area contributed by atoms with Crippen molar-refractivity contribution in [3.63, 3.8) is 0 Å². The van der Waals surface area contributed by atoms with Gasteiger partial charge in [0.1, 0.15) is 0 Å². The third kappa shape index (κ3) is 7.55. The Bertz CT molecular complexity index is 749. The zero-order chi connectivity index (χ0) is 20.5. The first-order valence-electron chi connectivity index (χ1n) is 8.75. The van der Waals surface area contributed by atoms with E-state index in [1.165, 1.54) is 0 Å². The SMILES string of the molecule is NC(CSSCC(N)Cc1cccc(C(=O)O)c1)Cc1cccc(C(=O)O)c1. The van der Waals surface area contributed by atoms with E-state index in [1.54, 1.807) is 58.0 Å². The van der Waals surface area contributed by atoms with E-state index in [4.69, 9.17) is 21.7 Å². The van der Waals surface area contributed by atoms with Gasteiger partial charge in [0, 0.05) is 23.6 Å². The number of carboxylic acids is 2. The molecular weight excluding hydrogens is 396 g/mol. The number of hydrogen-bond acceptors (Lipinski definition) is 6. The second-order valence-electron chi connectivity index (χ2n) is 6.51. The lowest BCUT2D eigenvalue weighted by Crippen LogP contribution is -2.27. The molecule has 0 heterocycles. The van der Waals surface area contributed by atoms with Crippen molar-refractivity contribution in [2.75, 3.05) is 11.5 Å². The van der Waals surface area contributed by atoms with Crippen LogP contribution in [0.1, 0.15) is 31.8 Å². The van der Waals surface area contributed by atoms with Crippen LogP contribution < -0.4 is 11.5 Å². The minimum atomic E-state index is -0.941. The molecule has 0 saturated heterocycles. The monoisotopic (exact) mass is 420 g/mol. The third-order valence-corrected chi connectivity index (χ3v) is 6.60. The lowest BCUT2D eigenvalue weighted by molar-refractivity contribution is 0.0686. The van der Waals surface area contributed by atoms with E-state index in [0.717, 1.165) is 22.6 Å². The summed E-state index contributed by atoms with van der Waals surface area (Å²) in [5, 5.41) is 18.1. The van der Waals surface area contributed by atoms with Gasteiger partial charge in [0.2, 0.25) is 0 Å². The zero-order valence-electron chi connectivity index (χ0n) is 15.3. The number of carbonyl (C=O) groups is 2. The maximum Gasteiger partial charge on any atom is 0.335 e. The smallest absolute Gasteiger partial charge is 0.335 e. The highest BCUT2D eigenvalue weighted by Crippen LogP contribution is 2.24. The molecule has 0 amide bonds. The van der Waals surface area contributed by atoms with Gasteiger partial charge in [0.25, 0.3) is 0 Å². The summed E-state index contributed by atoms with van der Waals surface area (Å²) < 4.78 is 0. The van der Waals surface area contributed by atoms with Crippen LogP contribution in [0.2, 0.25) is 0 Å². The molecule has 0 saturated carbocycles. The largest absolute Gasteiger partial charge is 0.478 e. The van der Waals surface area contributed by atoms with Gasteiger partial charge in [-0.05, 0) is 48.2 Å². The van der Waals surface area contributed by atoms with Crippen molar-refractivity contribution in [3.8, 4) is 0 Å². The first-order valence-corrected chi connectivity index (χ1v) is 11.2. The highest BCUT2D eigenvalue weighted by Gasteiger charge is 2.10. The highest BCUT2D eigenvalue weighted by atomic mass is 33.1. The molecule has 0 aromatic heterocycles. The number of benzene rings is 2. The normalized spacial score (nSPS) is 13.1. The summed E-state index contributed by atoms with van der Waals surface area (Å²) in [6.07, 6.45) is 1.23. The maximum atomic E-state index is 11.0. The molecule has 2 atom stereocenters. The molecule has 6 nitrogen and oxygen atoms in total. The van der Waals surface area contributed by atoms with Crippen LogP contribution in [0.5, 0.6) is 0 Å². The van der Waals surface area contributed by atoms with E-state index in [2.05, 4.69) is 0 Å². The molecule has 2 aromatic rings. The number of carboxylic acid groups (broad SMARTS) is 2. The Morgan fingerprint density at radius 3 is 1.54 bits per heavy atom. The van der Waals surface area contributed by atoms with Crippen molar-refractivity contribution in [2.45, 2.75) is 24.9 Å². The molecule has 0 aliphatic heterocycles. The molecule has 2 aromatic carbocycles. The fourth-order valence-corrected chi connectivity index (χ4v) is 5.06. The van der Waals surface area contributed by atoms with Crippen LogP contribution in [0.25, 0.3) is 0 Å². The van der Waals surface area contributed by atoms with Gasteiger partial charge in [-0.25, -0.2) is 9.59 Å². The van der Waals surface area contributed by atoms with Crippen LogP contribution in [-0.2, 0) is 12.8 Å². The lowest BCUT2D eigenvalue weighted by Gasteiger charge is -2.14. The molecule has 0 fully saturated rings. The van der Waals surface area contributed by atoms with Gasteiger partial charge in [-0.1, -0.05) is 45.9 Å². The fourth-order valence-electron chi connectivity index (χ4n) is 2.66. The predicted octanol–water partition coefficient (Wildman–Crippen LogP) is 2.90. The van der Waals surface area contributed by atoms with Crippen LogP contribution in [0.3, 0.4) is 0 Å². The fraction of sp³-hybridized carbons (Fsp3) is 0.300. The maximum absolute atomic E-state index is 11.0. The van der Waals surface area contributed by atoms with E-state index in [9.17, 15) is 9.59 Å². The van der Waals surface area contributed by atoms with Crippen molar-refractivity contribution >= 4 is 33.5 Å². The second kappa shape index (κ2) is 11.1. The average Bonchev–Trinajstić information content (AvgIpc) is 2.65. The predicted molar refractivity (Wildman–Crippen MR) is 115 cm³/mol. The Balaban J connectivity index is 1.70. The quantitative estimate of drug-likeness (QED) is 0.323.